The maximum absolute atomic E-state index is 10.8. The van der Waals surface area contributed by atoms with E-state index in [9.17, 15) is 33.1 Å². The zero-order chi connectivity index (χ0) is 14.8. The number of ether oxygens (including phenoxy) is 1. The Morgan fingerprint density at radius 2 is 1.95 bits per heavy atom. The van der Waals surface area contributed by atoms with Crippen molar-refractivity contribution >= 4 is 16.3 Å². The molecule has 0 aromatic rings. The summed E-state index contributed by atoms with van der Waals surface area (Å²) in [5, 5.41) is 31.0. The van der Waals surface area contributed by atoms with E-state index in [-0.39, 0.29) is 0 Å². The standard InChI is InChI=1S/C8H15NO9S/c1-3(10)9-5-7(12)6(11)4(18-8(5)13)2-17-19(14,15)16/h4-8,11-13H,2H2,1H3,(H,9,10)(H,14,15,16)/p-1/t4?,5?,6-,7-,8?/m1/s1. The number of aliphatic hydroxyl groups excluding tert-OH is 3. The lowest BCUT2D eigenvalue weighted by atomic mass is 9.97. The Morgan fingerprint density at radius 3 is 2.42 bits per heavy atom. The maximum atomic E-state index is 10.8. The van der Waals surface area contributed by atoms with Crippen LogP contribution in [0.5, 0.6) is 0 Å². The van der Waals surface area contributed by atoms with Gasteiger partial charge in [-0.3, -0.25) is 8.98 Å². The first-order valence-corrected chi connectivity index (χ1v) is 6.52. The van der Waals surface area contributed by atoms with Gasteiger partial charge in [0.25, 0.3) is 0 Å². The second-order valence-corrected chi connectivity index (χ2v) is 5.02. The zero-order valence-electron chi connectivity index (χ0n) is 9.79. The lowest BCUT2D eigenvalue weighted by Gasteiger charge is -2.40. The van der Waals surface area contributed by atoms with Crippen molar-refractivity contribution in [2.24, 2.45) is 0 Å². The SMILES string of the molecule is CC(=O)NC1C(O)OC(COS(=O)(=O)[O-])[C@@H](O)[C@@H]1O. The minimum atomic E-state index is -4.99. The van der Waals surface area contributed by atoms with E-state index >= 15 is 0 Å². The Labute approximate surface area is 108 Å². The molecule has 0 saturated carbocycles. The molecule has 10 nitrogen and oxygen atoms in total. The molecule has 0 bridgehead atoms. The Hall–Kier alpha value is -0.820. The fraction of sp³-hybridized carbons (Fsp3) is 0.875. The number of nitrogens with one attached hydrogen (secondary N) is 1. The summed E-state index contributed by atoms with van der Waals surface area (Å²) in [6, 6.07) is -1.28. The van der Waals surface area contributed by atoms with Crippen molar-refractivity contribution in [3.8, 4) is 0 Å². The van der Waals surface area contributed by atoms with Crippen LogP contribution in [0, 0.1) is 0 Å². The summed E-state index contributed by atoms with van der Waals surface area (Å²) in [6.45, 7) is 0.263. The number of hydrogen-bond acceptors (Lipinski definition) is 9. The molecule has 112 valence electrons. The Kier molecular flexibility index (Phi) is 5.20. The summed E-state index contributed by atoms with van der Waals surface area (Å²) in [5.41, 5.74) is 0. The average molecular weight is 300 g/mol. The van der Waals surface area contributed by atoms with Crippen molar-refractivity contribution in [1.82, 2.24) is 5.32 Å². The largest absolute Gasteiger partial charge is 0.726 e. The predicted octanol–water partition coefficient (Wildman–Crippen LogP) is -3.59. The van der Waals surface area contributed by atoms with Crippen molar-refractivity contribution in [2.75, 3.05) is 6.61 Å². The van der Waals surface area contributed by atoms with Gasteiger partial charge in [0.15, 0.2) is 6.29 Å². The van der Waals surface area contributed by atoms with Crippen LogP contribution >= 0.6 is 0 Å². The summed E-state index contributed by atoms with van der Waals surface area (Å²) >= 11 is 0. The first kappa shape index (κ1) is 16.2. The van der Waals surface area contributed by atoms with Crippen molar-refractivity contribution in [3.05, 3.63) is 0 Å². The third-order valence-corrected chi connectivity index (χ3v) is 2.89. The van der Waals surface area contributed by atoms with E-state index in [1.165, 1.54) is 0 Å². The molecule has 11 heteroatoms. The molecule has 0 aromatic carbocycles. The van der Waals surface area contributed by atoms with Gasteiger partial charge in [0.1, 0.15) is 24.4 Å². The third kappa shape index (κ3) is 4.65. The van der Waals surface area contributed by atoms with Gasteiger partial charge in [-0.05, 0) is 0 Å². The number of rotatable bonds is 4. The quantitative estimate of drug-likeness (QED) is 0.303. The molecule has 0 aliphatic carbocycles. The van der Waals surface area contributed by atoms with E-state index in [4.69, 9.17) is 4.74 Å². The van der Waals surface area contributed by atoms with E-state index in [1.54, 1.807) is 0 Å². The van der Waals surface area contributed by atoms with Gasteiger partial charge in [-0.15, -0.1) is 0 Å². The Bertz CT molecular complexity index is 424. The summed E-state index contributed by atoms with van der Waals surface area (Å²) in [4.78, 5) is 10.8. The van der Waals surface area contributed by atoms with E-state index < -0.39 is 53.6 Å². The van der Waals surface area contributed by atoms with Gasteiger partial charge < -0.3 is 29.9 Å². The first-order valence-electron chi connectivity index (χ1n) is 5.19. The van der Waals surface area contributed by atoms with Gasteiger partial charge >= 0.3 is 0 Å². The van der Waals surface area contributed by atoms with Crippen molar-refractivity contribution in [1.29, 1.82) is 0 Å². The van der Waals surface area contributed by atoms with Crippen LogP contribution in [0.4, 0.5) is 0 Å². The Morgan fingerprint density at radius 1 is 1.37 bits per heavy atom. The van der Waals surface area contributed by atoms with Crippen LogP contribution in [0.15, 0.2) is 0 Å². The van der Waals surface area contributed by atoms with Gasteiger partial charge in [0.2, 0.25) is 16.3 Å². The molecule has 0 radical (unpaired) electrons. The number of carbonyl (C=O) groups excluding carboxylic acids is 1. The monoisotopic (exact) mass is 300 g/mol. The minimum absolute atomic E-state index is 0.573. The van der Waals surface area contributed by atoms with Crippen LogP contribution in [0.3, 0.4) is 0 Å². The molecule has 19 heavy (non-hydrogen) atoms. The molecule has 0 spiro atoms. The number of aliphatic hydroxyl groups is 3. The predicted molar refractivity (Wildman–Crippen MR) is 56.1 cm³/mol. The van der Waals surface area contributed by atoms with Crippen molar-refractivity contribution < 1.29 is 42.0 Å². The van der Waals surface area contributed by atoms with E-state index in [2.05, 4.69) is 9.50 Å². The van der Waals surface area contributed by atoms with Crippen molar-refractivity contribution in [2.45, 2.75) is 37.6 Å². The van der Waals surface area contributed by atoms with E-state index in [0.717, 1.165) is 6.92 Å². The zero-order valence-corrected chi connectivity index (χ0v) is 10.6. The highest BCUT2D eigenvalue weighted by atomic mass is 32.3. The van der Waals surface area contributed by atoms with Gasteiger partial charge in [-0.2, -0.15) is 0 Å². The summed E-state index contributed by atoms with van der Waals surface area (Å²) in [7, 11) is -4.99. The summed E-state index contributed by atoms with van der Waals surface area (Å²) in [5.74, 6) is -0.573. The highest BCUT2D eigenvalue weighted by Crippen LogP contribution is 2.20. The normalized spacial score (nSPS) is 35.9. The molecule has 1 fully saturated rings. The lowest BCUT2D eigenvalue weighted by molar-refractivity contribution is -0.252. The molecule has 1 rings (SSSR count). The minimum Gasteiger partial charge on any atom is -0.726 e. The van der Waals surface area contributed by atoms with Crippen LogP contribution in [0.25, 0.3) is 0 Å². The fourth-order valence-electron chi connectivity index (χ4n) is 1.62. The molecule has 1 heterocycles. The van der Waals surface area contributed by atoms with E-state index in [0.29, 0.717) is 0 Å². The summed E-state index contributed by atoms with van der Waals surface area (Å²) < 4.78 is 39.4. The molecular formula is C8H14NO9S-. The molecule has 3 unspecified atom stereocenters. The van der Waals surface area contributed by atoms with E-state index in [1.807, 2.05) is 0 Å². The molecule has 0 aromatic heterocycles. The topological polar surface area (TPSA) is 165 Å². The summed E-state index contributed by atoms with van der Waals surface area (Å²) in [6.07, 6.45) is -6.39. The molecule has 1 amide bonds. The second-order valence-electron chi connectivity index (χ2n) is 3.97. The van der Waals surface area contributed by atoms with Crippen LogP contribution in [0.1, 0.15) is 6.92 Å². The molecule has 1 aliphatic rings. The number of hydrogen-bond donors (Lipinski definition) is 4. The van der Waals surface area contributed by atoms with Gasteiger partial charge in [-0.25, -0.2) is 8.42 Å². The van der Waals surface area contributed by atoms with Crippen molar-refractivity contribution in [3.63, 3.8) is 0 Å². The van der Waals surface area contributed by atoms with Gasteiger partial charge in [0.05, 0.1) is 6.61 Å². The smallest absolute Gasteiger partial charge is 0.217 e. The molecule has 4 N–H and O–H groups in total. The Balaban J connectivity index is 2.69. The van der Waals surface area contributed by atoms with Gasteiger partial charge in [-0.1, -0.05) is 0 Å². The lowest BCUT2D eigenvalue weighted by Crippen LogP contribution is -2.64. The molecule has 1 saturated heterocycles. The first-order chi connectivity index (χ1) is 8.61. The second kappa shape index (κ2) is 6.09. The van der Waals surface area contributed by atoms with Gasteiger partial charge in [0, 0.05) is 6.92 Å². The van der Waals surface area contributed by atoms with Crippen LogP contribution < -0.4 is 5.32 Å². The van der Waals surface area contributed by atoms with Crippen LogP contribution in [-0.2, 0) is 24.1 Å². The highest BCUT2D eigenvalue weighted by Gasteiger charge is 2.44. The van der Waals surface area contributed by atoms with Crippen LogP contribution in [0.2, 0.25) is 0 Å². The molecule has 5 atom stereocenters. The third-order valence-electron chi connectivity index (χ3n) is 2.47. The highest BCUT2D eigenvalue weighted by molar-refractivity contribution is 7.80. The number of amides is 1. The molecular weight excluding hydrogens is 286 g/mol. The number of carbonyl (C=O) groups is 1. The van der Waals surface area contributed by atoms with Crippen LogP contribution in [-0.4, -0.2) is 71.4 Å². The molecule has 1 aliphatic heterocycles. The average Bonchev–Trinajstić information content (AvgIpc) is 2.26. The maximum Gasteiger partial charge on any atom is 0.217 e. The fourth-order valence-corrected chi connectivity index (χ4v) is 1.93.